The molecule has 0 bridgehead atoms. The molecule has 4 aromatic rings. The molecule has 416 valence electrons. The molecule has 2 fully saturated rings. The van der Waals surface area contributed by atoms with Crippen molar-refractivity contribution in [2.75, 3.05) is 39.5 Å². The van der Waals surface area contributed by atoms with Gasteiger partial charge in [0.1, 0.15) is 11.2 Å². The Morgan fingerprint density at radius 1 is 0.640 bits per heavy atom. The summed E-state index contributed by atoms with van der Waals surface area (Å²) in [6.45, 7) is 6.24. The SMILES string of the molecule is C.CC(=O)C1(O)CC[C@@](CO[C@H](C)c2cc(C(F)(F)F)cc(C(F)(F)F)c2)(c2ccccc2)NC1.CCOC(=O)CN1CC(O)(C(C)O)CC[C@@]1(CO[C@H](C)c1cc(C(F)(F)F)cc(C(F)(F)F)c1)c1ccccc1. The Kier molecular flexibility index (Phi) is 20.0. The lowest BCUT2D eigenvalue weighted by Gasteiger charge is -2.53. The highest BCUT2D eigenvalue weighted by molar-refractivity contribution is 5.85. The number of ketones is 1. The second-order valence-electron chi connectivity index (χ2n) is 18.8. The highest BCUT2D eigenvalue weighted by Crippen LogP contribution is 2.45. The van der Waals surface area contributed by atoms with Crippen LogP contribution in [-0.2, 0) is 59.6 Å². The zero-order chi connectivity index (χ0) is 55.3. The van der Waals surface area contributed by atoms with Crippen LogP contribution in [0.2, 0.25) is 0 Å². The lowest BCUT2D eigenvalue weighted by Crippen LogP contribution is -2.64. The Bertz CT molecular complexity index is 2450. The molecular weight excluding hydrogens is 1020 g/mol. The summed E-state index contributed by atoms with van der Waals surface area (Å²) in [6.07, 6.45) is -22.8. The Labute approximate surface area is 427 Å². The van der Waals surface area contributed by atoms with Crippen LogP contribution in [0.5, 0.6) is 0 Å². The number of ether oxygens (including phenoxy) is 3. The average molecular weight is 1080 g/mol. The fourth-order valence-electron chi connectivity index (χ4n) is 8.95. The maximum atomic E-state index is 13.4. The maximum Gasteiger partial charge on any atom is 0.416 e. The van der Waals surface area contributed by atoms with Gasteiger partial charge in [-0.1, -0.05) is 68.1 Å². The third-order valence-electron chi connectivity index (χ3n) is 13.7. The number of likely N-dealkylation sites (tertiary alicyclic amines) is 1. The summed E-state index contributed by atoms with van der Waals surface area (Å²) in [6, 6.07) is 20.4. The quantitative estimate of drug-likeness (QED) is 0.0672. The molecule has 0 saturated carbocycles. The minimum absolute atomic E-state index is 0. The lowest BCUT2D eigenvalue weighted by atomic mass is 9.74. The van der Waals surface area contributed by atoms with E-state index in [1.54, 1.807) is 72.5 Å². The smallest absolute Gasteiger partial charge is 0.416 e. The normalized spacial score (nSPS) is 23.9. The van der Waals surface area contributed by atoms with E-state index in [0.717, 1.165) is 5.56 Å². The first-order chi connectivity index (χ1) is 34.2. The summed E-state index contributed by atoms with van der Waals surface area (Å²) in [5.74, 6) is -1.02. The van der Waals surface area contributed by atoms with E-state index < -0.39 is 99.3 Å². The van der Waals surface area contributed by atoms with Crippen molar-refractivity contribution >= 4 is 11.8 Å². The van der Waals surface area contributed by atoms with Gasteiger partial charge < -0.3 is 34.8 Å². The highest BCUT2D eigenvalue weighted by Gasteiger charge is 2.52. The van der Waals surface area contributed by atoms with Gasteiger partial charge in [-0.2, -0.15) is 52.7 Å². The third-order valence-corrected chi connectivity index (χ3v) is 13.7. The highest BCUT2D eigenvalue weighted by atomic mass is 19.4. The summed E-state index contributed by atoms with van der Waals surface area (Å²) in [7, 11) is 0. The van der Waals surface area contributed by atoms with Crippen molar-refractivity contribution in [3.8, 4) is 0 Å². The van der Waals surface area contributed by atoms with E-state index in [4.69, 9.17) is 14.2 Å². The molecule has 2 aliphatic heterocycles. The fraction of sp³-hybridized carbons (Fsp3) is 0.509. The van der Waals surface area contributed by atoms with Crippen LogP contribution in [0.15, 0.2) is 97.1 Å². The lowest BCUT2D eigenvalue weighted by molar-refractivity contribution is -0.172. The molecule has 2 heterocycles. The Morgan fingerprint density at radius 3 is 1.44 bits per heavy atom. The van der Waals surface area contributed by atoms with Crippen LogP contribution >= 0.6 is 0 Å². The van der Waals surface area contributed by atoms with Crippen molar-refractivity contribution in [3.05, 3.63) is 142 Å². The first kappa shape index (κ1) is 62.4. The number of rotatable bonds is 15. The minimum atomic E-state index is -5.01. The van der Waals surface area contributed by atoms with Crippen LogP contribution in [-0.4, -0.2) is 88.7 Å². The average Bonchev–Trinajstić information content (AvgIpc) is 3.33. The largest absolute Gasteiger partial charge is 0.465 e. The molecule has 2 aliphatic rings. The molecule has 0 aliphatic carbocycles. The first-order valence-corrected chi connectivity index (χ1v) is 23.4. The van der Waals surface area contributed by atoms with E-state index in [9.17, 15) is 77.6 Å². The topological polar surface area (TPSA) is 138 Å². The summed E-state index contributed by atoms with van der Waals surface area (Å²) in [4.78, 5) is 26.0. The van der Waals surface area contributed by atoms with Gasteiger partial charge in [0.25, 0.3) is 0 Å². The summed E-state index contributed by atoms with van der Waals surface area (Å²) < 4.78 is 177. The predicted octanol–water partition coefficient (Wildman–Crippen LogP) is 11.5. The number of hydrogen-bond acceptors (Lipinski definition) is 10. The number of nitrogens with zero attached hydrogens (tertiary/aromatic N) is 1. The molecule has 6 rings (SSSR count). The number of carbonyl (C=O) groups is 2. The Hall–Kier alpha value is -5.10. The van der Waals surface area contributed by atoms with Crippen molar-refractivity contribution in [1.29, 1.82) is 0 Å². The van der Waals surface area contributed by atoms with Gasteiger partial charge >= 0.3 is 30.7 Å². The molecule has 75 heavy (non-hydrogen) atoms. The van der Waals surface area contributed by atoms with E-state index in [1.165, 1.54) is 27.7 Å². The zero-order valence-electron chi connectivity index (χ0n) is 40.9. The first-order valence-electron chi connectivity index (χ1n) is 23.4. The Balaban J connectivity index is 0.000000324. The summed E-state index contributed by atoms with van der Waals surface area (Å²) >= 11 is 0. The molecule has 3 unspecified atom stereocenters. The monoisotopic (exact) mass is 1080 g/mol. The van der Waals surface area contributed by atoms with Gasteiger partial charge in [-0.3, -0.25) is 14.5 Å². The molecule has 22 heteroatoms. The van der Waals surface area contributed by atoms with Gasteiger partial charge in [-0.05, 0) is 119 Å². The van der Waals surface area contributed by atoms with Crippen LogP contribution in [0.25, 0.3) is 0 Å². The van der Waals surface area contributed by atoms with E-state index in [-0.39, 0.29) is 95.8 Å². The third kappa shape index (κ3) is 15.3. The van der Waals surface area contributed by atoms with Crippen LogP contribution in [0.1, 0.15) is 124 Å². The maximum absolute atomic E-state index is 13.4. The number of halogens is 12. The Morgan fingerprint density at radius 2 is 1.07 bits per heavy atom. The number of benzene rings is 4. The molecule has 0 amide bonds. The zero-order valence-corrected chi connectivity index (χ0v) is 40.9. The van der Waals surface area contributed by atoms with Gasteiger partial charge in [-0.15, -0.1) is 0 Å². The molecule has 0 spiro atoms. The van der Waals surface area contributed by atoms with Crippen LogP contribution in [0, 0.1) is 0 Å². The second kappa shape index (κ2) is 24.1. The van der Waals surface area contributed by atoms with E-state index in [1.807, 2.05) is 0 Å². The number of hydrogen-bond donors (Lipinski definition) is 4. The number of aliphatic hydroxyl groups is 3. The van der Waals surface area contributed by atoms with Crippen molar-refractivity contribution in [2.24, 2.45) is 0 Å². The van der Waals surface area contributed by atoms with Crippen LogP contribution < -0.4 is 5.32 Å². The van der Waals surface area contributed by atoms with Gasteiger partial charge in [0.2, 0.25) is 0 Å². The molecule has 0 radical (unpaired) electrons. The van der Waals surface area contributed by atoms with Gasteiger partial charge in [0.15, 0.2) is 5.78 Å². The number of esters is 1. The fourth-order valence-corrected chi connectivity index (χ4v) is 8.95. The van der Waals surface area contributed by atoms with E-state index >= 15 is 0 Å². The minimum Gasteiger partial charge on any atom is -0.465 e. The number of aliphatic hydroxyl groups excluding tert-OH is 1. The van der Waals surface area contributed by atoms with Gasteiger partial charge in [0.05, 0.1) is 78.0 Å². The molecular formula is C53H62F12N2O8. The number of alkyl halides is 12. The second-order valence-corrected chi connectivity index (χ2v) is 18.8. The predicted molar refractivity (Wildman–Crippen MR) is 252 cm³/mol. The van der Waals surface area contributed by atoms with E-state index in [0.29, 0.717) is 29.8 Å². The molecule has 0 aromatic heterocycles. The van der Waals surface area contributed by atoms with Crippen molar-refractivity contribution in [2.45, 2.75) is 133 Å². The molecule has 4 N–H and O–H groups in total. The standard InChI is InChI=1S/C28H33F6NO5.C24H25F6NO3.CH4/c1-4-39-24(37)15-35-16-26(38,19(3)36)11-10-25(35,21-8-6-5-7-9-21)17-40-18(2)20-12-22(27(29,30)31)14-23(13-20)28(32,33)34;1-15(17-10-19(23(25,26)27)12-20(11-17)24(28,29)30)34-14-21(18-6-4-3-5-7-18)8-9-22(33,13-31-21)16(2)32;/h5-9,12-14,18-19,36,38H,4,10-11,15-17H2,1-3H3;3-7,10-12,15,31,33H,8-9,13-14H2,1-2H3;1H4/t18-,19?,25-,26?;15-,21-,22?;/m11./s1. The number of β-amino-alcohol motifs (C(OH)–C–C–N with tert-alkyl or cyclic N) is 2. The van der Waals surface area contributed by atoms with Gasteiger partial charge in [-0.25, -0.2) is 0 Å². The van der Waals surface area contributed by atoms with Gasteiger partial charge in [0, 0.05) is 13.1 Å². The number of piperidine rings is 2. The van der Waals surface area contributed by atoms with Crippen LogP contribution in [0.3, 0.4) is 0 Å². The number of Topliss-reactive ketones (excluding diaryl/α,β-unsaturated/α-hetero) is 1. The molecule has 2 saturated heterocycles. The summed E-state index contributed by atoms with van der Waals surface area (Å²) in [5.41, 5.74) is -10.1. The summed E-state index contributed by atoms with van der Waals surface area (Å²) in [5, 5.41) is 35.1. The molecule has 4 aromatic carbocycles. The molecule has 7 atom stereocenters. The van der Waals surface area contributed by atoms with Crippen LogP contribution in [0.4, 0.5) is 52.7 Å². The number of nitrogens with one attached hydrogen (secondary N) is 1. The van der Waals surface area contributed by atoms with Crippen molar-refractivity contribution < 1.29 is 91.8 Å². The van der Waals surface area contributed by atoms with Crippen molar-refractivity contribution in [1.82, 2.24) is 10.2 Å². The number of carbonyl (C=O) groups excluding carboxylic acids is 2. The molecule has 10 nitrogen and oxygen atoms in total. The van der Waals surface area contributed by atoms with E-state index in [2.05, 4.69) is 5.32 Å². The van der Waals surface area contributed by atoms with Crippen molar-refractivity contribution in [3.63, 3.8) is 0 Å².